The number of ketones is 2. The van der Waals surface area contributed by atoms with Crippen LogP contribution in [0, 0.1) is 6.92 Å². The average Bonchev–Trinajstić information content (AvgIpc) is 2.94. The normalized spacial score (nSPS) is 19.5. The summed E-state index contributed by atoms with van der Waals surface area (Å²) in [5.74, 6) is -0.810. The summed E-state index contributed by atoms with van der Waals surface area (Å²) in [6.45, 7) is 2.03. The largest absolute Gasteiger partial charge is 0.373 e. The van der Waals surface area contributed by atoms with E-state index in [0.717, 1.165) is 27.8 Å². The fourth-order valence-corrected chi connectivity index (χ4v) is 3.45. The third-order valence-corrected chi connectivity index (χ3v) is 5.02. The van der Waals surface area contributed by atoms with E-state index in [0.29, 0.717) is 5.02 Å². The first-order valence-electron chi connectivity index (χ1n) is 8.36. The fourth-order valence-electron chi connectivity index (χ4n) is 3.32. The second kappa shape index (κ2) is 6.18. The van der Waals surface area contributed by atoms with Crippen LogP contribution in [0.2, 0.25) is 5.02 Å². The molecule has 1 aliphatic carbocycles. The number of anilines is 2. The van der Waals surface area contributed by atoms with Crippen LogP contribution in [0.4, 0.5) is 11.4 Å². The maximum absolute atomic E-state index is 12.2. The van der Waals surface area contributed by atoms with Gasteiger partial charge in [-0.15, -0.1) is 0 Å². The summed E-state index contributed by atoms with van der Waals surface area (Å²) in [5.41, 5.74) is 3.80. The monoisotopic (exact) mass is 367 g/mol. The lowest BCUT2D eigenvalue weighted by molar-refractivity contribution is -0.144. The Hall–Kier alpha value is -2.79. The first kappa shape index (κ1) is 16.7. The van der Waals surface area contributed by atoms with Gasteiger partial charge >= 0.3 is 0 Å². The van der Waals surface area contributed by atoms with Crippen LogP contribution in [0.1, 0.15) is 5.56 Å². The molecule has 1 heterocycles. The molecule has 2 aromatic carbocycles. The second-order valence-corrected chi connectivity index (χ2v) is 7.09. The van der Waals surface area contributed by atoms with Crippen molar-refractivity contribution in [1.82, 2.24) is 4.57 Å². The highest BCUT2D eigenvalue weighted by molar-refractivity contribution is 6.50. The highest BCUT2D eigenvalue weighted by Gasteiger charge is 2.49. The van der Waals surface area contributed by atoms with Gasteiger partial charge in [-0.05, 0) is 43.3 Å². The number of carbonyl (C=O) groups excluding carboxylic acids is 2. The Morgan fingerprint density at radius 3 is 2.31 bits per heavy atom. The van der Waals surface area contributed by atoms with Gasteiger partial charge < -0.3 is 15.2 Å². The SMILES string of the molecule is Cc1ccc2c(c1)c(NC1C(=O)C(=O)[C@H]1Nc1ccc(Cl)cc1)cn2C. The molecule has 0 spiro atoms. The lowest BCUT2D eigenvalue weighted by Gasteiger charge is -2.35. The van der Waals surface area contributed by atoms with Gasteiger partial charge in [0.1, 0.15) is 12.1 Å². The van der Waals surface area contributed by atoms with Crippen molar-refractivity contribution in [2.45, 2.75) is 19.0 Å². The minimum atomic E-state index is -0.594. The Morgan fingerprint density at radius 2 is 1.62 bits per heavy atom. The van der Waals surface area contributed by atoms with Gasteiger partial charge in [-0.2, -0.15) is 0 Å². The number of nitrogens with one attached hydrogen (secondary N) is 2. The number of hydrogen-bond acceptors (Lipinski definition) is 4. The number of fused-ring (bicyclic) bond motifs is 1. The van der Waals surface area contributed by atoms with Gasteiger partial charge in [0.05, 0.1) is 5.69 Å². The number of aromatic nitrogens is 1. The summed E-state index contributed by atoms with van der Waals surface area (Å²) in [5, 5.41) is 8.03. The summed E-state index contributed by atoms with van der Waals surface area (Å²) >= 11 is 5.89. The molecule has 0 bridgehead atoms. The number of Topliss-reactive ketones (excluding diaryl/α,β-unsaturated/α-hetero) is 2. The number of hydrogen-bond donors (Lipinski definition) is 2. The van der Waals surface area contributed by atoms with E-state index in [2.05, 4.69) is 22.8 Å². The molecule has 1 aliphatic rings. The number of halogens is 1. The van der Waals surface area contributed by atoms with Gasteiger partial charge in [0.2, 0.25) is 11.6 Å². The maximum atomic E-state index is 12.2. The van der Waals surface area contributed by atoms with Crippen LogP contribution in [0.5, 0.6) is 0 Å². The third kappa shape index (κ3) is 2.74. The topological polar surface area (TPSA) is 63.1 Å². The fraction of sp³-hybridized carbons (Fsp3) is 0.200. The molecule has 1 saturated carbocycles. The van der Waals surface area contributed by atoms with Crippen LogP contribution in [-0.4, -0.2) is 28.2 Å². The van der Waals surface area contributed by atoms with Gasteiger partial charge in [-0.25, -0.2) is 0 Å². The van der Waals surface area contributed by atoms with Gasteiger partial charge in [-0.1, -0.05) is 23.2 Å². The quantitative estimate of drug-likeness (QED) is 0.692. The minimum Gasteiger partial charge on any atom is -0.373 e. The number of aryl methyl sites for hydroxylation is 2. The number of benzene rings is 2. The maximum Gasteiger partial charge on any atom is 0.225 e. The molecular weight excluding hydrogens is 350 g/mol. The molecule has 4 rings (SSSR count). The van der Waals surface area contributed by atoms with Gasteiger partial charge in [0, 0.05) is 34.9 Å². The van der Waals surface area contributed by atoms with Crippen molar-refractivity contribution in [2.75, 3.05) is 10.6 Å². The van der Waals surface area contributed by atoms with E-state index >= 15 is 0 Å². The Kier molecular flexibility index (Phi) is 3.96. The predicted octanol–water partition coefficient (Wildman–Crippen LogP) is 3.55. The molecule has 3 aromatic rings. The lowest BCUT2D eigenvalue weighted by Crippen LogP contribution is -2.64. The average molecular weight is 368 g/mol. The van der Waals surface area contributed by atoms with E-state index < -0.39 is 23.7 Å². The Bertz CT molecular complexity index is 1020. The molecule has 0 amide bonds. The number of nitrogens with zero attached hydrogens (tertiary/aromatic N) is 1. The molecule has 0 saturated heterocycles. The lowest BCUT2D eigenvalue weighted by atomic mass is 9.82. The van der Waals surface area contributed by atoms with Crippen LogP contribution in [0.3, 0.4) is 0 Å². The summed E-state index contributed by atoms with van der Waals surface area (Å²) in [4.78, 5) is 24.2. The van der Waals surface area contributed by atoms with Gasteiger partial charge in [0.25, 0.3) is 0 Å². The molecule has 0 aliphatic heterocycles. The van der Waals surface area contributed by atoms with Gasteiger partial charge in [0.15, 0.2) is 0 Å². The van der Waals surface area contributed by atoms with E-state index in [9.17, 15) is 9.59 Å². The minimum absolute atomic E-state index is 0.402. The second-order valence-electron chi connectivity index (χ2n) is 6.65. The van der Waals surface area contributed by atoms with Crippen LogP contribution in [-0.2, 0) is 16.6 Å². The highest BCUT2D eigenvalue weighted by atomic mass is 35.5. The molecule has 26 heavy (non-hydrogen) atoms. The smallest absolute Gasteiger partial charge is 0.225 e. The van der Waals surface area contributed by atoms with Gasteiger partial charge in [-0.3, -0.25) is 9.59 Å². The molecule has 6 heteroatoms. The van der Waals surface area contributed by atoms with E-state index in [-0.39, 0.29) is 0 Å². The standard InChI is InChI=1S/C20H18ClN3O2/c1-11-3-8-16-14(9-11)15(10-24(16)2)23-18-17(19(25)20(18)26)22-13-6-4-12(21)5-7-13/h3-10,17-18,22-23H,1-2H3/t17-,18?/m0/s1. The molecule has 5 nitrogen and oxygen atoms in total. The van der Waals surface area contributed by atoms with E-state index in [1.807, 2.05) is 30.8 Å². The Morgan fingerprint density at radius 1 is 0.962 bits per heavy atom. The predicted molar refractivity (Wildman–Crippen MR) is 104 cm³/mol. The first-order chi connectivity index (χ1) is 12.4. The van der Waals surface area contributed by atoms with E-state index in [1.54, 1.807) is 24.3 Å². The summed E-state index contributed by atoms with van der Waals surface area (Å²) < 4.78 is 2.00. The summed E-state index contributed by atoms with van der Waals surface area (Å²) in [6, 6.07) is 12.0. The highest BCUT2D eigenvalue weighted by Crippen LogP contribution is 2.30. The van der Waals surface area contributed by atoms with E-state index in [1.165, 1.54) is 0 Å². The molecule has 132 valence electrons. The van der Waals surface area contributed by atoms with E-state index in [4.69, 9.17) is 11.6 Å². The molecule has 0 radical (unpaired) electrons. The zero-order chi connectivity index (χ0) is 18.4. The molecule has 1 fully saturated rings. The number of carbonyl (C=O) groups is 2. The molecule has 1 unspecified atom stereocenters. The Balaban J connectivity index is 1.60. The van der Waals surface area contributed by atoms with Crippen molar-refractivity contribution >= 4 is 45.4 Å². The van der Waals surface area contributed by atoms with Crippen LogP contribution in [0.15, 0.2) is 48.7 Å². The molecular formula is C20H18ClN3O2. The van der Waals surface area contributed by atoms with Crippen molar-refractivity contribution in [2.24, 2.45) is 7.05 Å². The van der Waals surface area contributed by atoms with Crippen molar-refractivity contribution < 1.29 is 9.59 Å². The number of rotatable bonds is 4. The van der Waals surface area contributed by atoms with Crippen molar-refractivity contribution in [3.05, 3.63) is 59.2 Å². The first-order valence-corrected chi connectivity index (χ1v) is 8.74. The summed E-state index contributed by atoms with van der Waals surface area (Å²) in [7, 11) is 1.96. The molecule has 2 atom stereocenters. The van der Waals surface area contributed by atoms with Crippen molar-refractivity contribution in [3.8, 4) is 0 Å². The van der Waals surface area contributed by atoms with Crippen LogP contribution in [0.25, 0.3) is 10.9 Å². The van der Waals surface area contributed by atoms with Crippen molar-refractivity contribution in [1.29, 1.82) is 0 Å². The molecule has 2 N–H and O–H groups in total. The summed E-state index contributed by atoms with van der Waals surface area (Å²) in [6.07, 6.45) is 1.94. The molecule has 1 aromatic heterocycles. The van der Waals surface area contributed by atoms with Crippen LogP contribution >= 0.6 is 11.6 Å². The third-order valence-electron chi connectivity index (χ3n) is 4.76. The zero-order valence-electron chi connectivity index (χ0n) is 14.4. The van der Waals surface area contributed by atoms with Crippen molar-refractivity contribution in [3.63, 3.8) is 0 Å². The Labute approximate surface area is 155 Å². The van der Waals surface area contributed by atoms with Crippen LogP contribution < -0.4 is 10.6 Å². The zero-order valence-corrected chi connectivity index (χ0v) is 15.2.